The van der Waals surface area contributed by atoms with Crippen molar-refractivity contribution in [3.63, 3.8) is 0 Å². The molecule has 0 aliphatic carbocycles. The minimum Gasteiger partial charge on any atom is -0.368 e. The summed E-state index contributed by atoms with van der Waals surface area (Å²) in [7, 11) is 0. The van der Waals surface area contributed by atoms with Crippen LogP contribution >= 0.6 is 0 Å². The molecule has 2 nitrogen and oxygen atoms in total. The molecule has 2 heteroatoms. The normalized spacial score (nSPS) is 12.6. The van der Waals surface area contributed by atoms with Crippen molar-refractivity contribution in [1.82, 2.24) is 10.3 Å². The Balaban J connectivity index is 0.000000160. The third-order valence-corrected chi connectivity index (χ3v) is 3.14. The first-order valence-corrected chi connectivity index (χ1v) is 6.92. The predicted octanol–water partition coefficient (Wildman–Crippen LogP) is 4.56. The highest BCUT2D eigenvalue weighted by molar-refractivity contribution is 5.92. The lowest BCUT2D eigenvalue weighted by Gasteiger charge is -1.99. The molecule has 2 aromatic carbocycles. The number of fused-ring (bicyclic) bond motifs is 2. The summed E-state index contributed by atoms with van der Waals surface area (Å²) in [6, 6.07) is 18.6. The number of nitrogens with one attached hydrogen (secondary N) is 1. The van der Waals surface area contributed by atoms with Crippen LogP contribution in [0.15, 0.2) is 91.3 Å². The lowest BCUT2D eigenvalue weighted by atomic mass is 10.1. The first-order valence-electron chi connectivity index (χ1n) is 6.92. The van der Waals surface area contributed by atoms with Gasteiger partial charge in [0.1, 0.15) is 0 Å². The van der Waals surface area contributed by atoms with Gasteiger partial charge in [0.2, 0.25) is 0 Å². The first-order chi connectivity index (χ1) is 10.4. The zero-order chi connectivity index (χ0) is 14.3. The van der Waals surface area contributed by atoms with E-state index in [1.165, 1.54) is 10.8 Å². The van der Waals surface area contributed by atoms with Crippen molar-refractivity contribution < 1.29 is 0 Å². The summed E-state index contributed by atoms with van der Waals surface area (Å²) in [6.45, 7) is 0. The van der Waals surface area contributed by atoms with Gasteiger partial charge < -0.3 is 5.32 Å². The molecule has 1 aliphatic heterocycles. The molecule has 0 amide bonds. The minimum atomic E-state index is 1.06. The van der Waals surface area contributed by atoms with E-state index in [2.05, 4.69) is 28.5 Å². The van der Waals surface area contributed by atoms with Crippen molar-refractivity contribution in [2.75, 3.05) is 0 Å². The average molecular weight is 272 g/mol. The number of aromatic nitrogens is 1. The maximum atomic E-state index is 4.58. The molecule has 0 fully saturated rings. The van der Waals surface area contributed by atoms with Gasteiger partial charge in [-0.05, 0) is 30.4 Å². The van der Waals surface area contributed by atoms with Crippen LogP contribution in [0.3, 0.4) is 0 Å². The van der Waals surface area contributed by atoms with Gasteiger partial charge in [0.25, 0.3) is 0 Å². The number of benzene rings is 2. The second-order valence-corrected chi connectivity index (χ2v) is 4.64. The number of hydrogen-bond acceptors (Lipinski definition) is 2. The number of nitrogens with zero attached hydrogens (tertiary/aromatic N) is 1. The van der Waals surface area contributed by atoms with Crippen molar-refractivity contribution in [3.8, 4) is 0 Å². The van der Waals surface area contributed by atoms with E-state index in [1.54, 1.807) is 0 Å². The fourth-order valence-electron chi connectivity index (χ4n) is 2.13. The molecule has 1 aliphatic rings. The third-order valence-electron chi connectivity index (χ3n) is 3.14. The molecule has 0 atom stereocenters. The van der Waals surface area contributed by atoms with E-state index in [0.29, 0.717) is 0 Å². The van der Waals surface area contributed by atoms with Gasteiger partial charge in [0.05, 0.1) is 11.0 Å². The van der Waals surface area contributed by atoms with Crippen molar-refractivity contribution >= 4 is 21.8 Å². The Bertz CT molecular complexity index is 710. The van der Waals surface area contributed by atoms with Crippen molar-refractivity contribution in [2.45, 2.75) is 0 Å². The van der Waals surface area contributed by atoms with Crippen LogP contribution in [0.1, 0.15) is 0 Å². The Morgan fingerprint density at radius 3 is 1.71 bits per heavy atom. The van der Waals surface area contributed by atoms with Crippen LogP contribution < -0.4 is 5.32 Å². The number of pyridine rings is 1. The Hall–Kier alpha value is -2.87. The Labute approximate surface area is 124 Å². The van der Waals surface area contributed by atoms with Gasteiger partial charge in [-0.3, -0.25) is 0 Å². The van der Waals surface area contributed by atoms with Crippen LogP contribution in [-0.4, -0.2) is 4.98 Å². The summed E-state index contributed by atoms with van der Waals surface area (Å²) in [5, 5.41) is 5.32. The van der Waals surface area contributed by atoms with Gasteiger partial charge >= 0.3 is 0 Å². The van der Waals surface area contributed by atoms with E-state index in [0.717, 1.165) is 11.0 Å². The lowest BCUT2D eigenvalue weighted by Crippen LogP contribution is -1.87. The Kier molecular flexibility index (Phi) is 4.08. The van der Waals surface area contributed by atoms with Gasteiger partial charge in [-0.15, -0.1) is 0 Å². The highest BCUT2D eigenvalue weighted by Gasteiger charge is 1.96. The zero-order valence-electron chi connectivity index (χ0n) is 11.6. The lowest BCUT2D eigenvalue weighted by molar-refractivity contribution is 1.20. The molecule has 0 unspecified atom stereocenters. The largest absolute Gasteiger partial charge is 0.368 e. The topological polar surface area (TPSA) is 24.9 Å². The molecular formula is C19H16N2. The Morgan fingerprint density at radius 1 is 0.619 bits per heavy atom. The van der Waals surface area contributed by atoms with Crippen LogP contribution in [-0.2, 0) is 0 Å². The van der Waals surface area contributed by atoms with Gasteiger partial charge in [0, 0.05) is 23.2 Å². The second-order valence-electron chi connectivity index (χ2n) is 4.64. The van der Waals surface area contributed by atoms with Crippen LogP contribution in [0.25, 0.3) is 21.8 Å². The molecule has 2 heterocycles. The van der Waals surface area contributed by atoms with E-state index >= 15 is 0 Å². The van der Waals surface area contributed by atoms with Crippen LogP contribution in [0.5, 0.6) is 0 Å². The zero-order valence-corrected chi connectivity index (χ0v) is 11.6. The summed E-state index contributed by atoms with van der Waals surface area (Å²) in [4.78, 5) is 4.58. The maximum Gasteiger partial charge on any atom is 0.0709 e. The van der Waals surface area contributed by atoms with Crippen LogP contribution in [0.2, 0.25) is 0 Å². The van der Waals surface area contributed by atoms with Gasteiger partial charge in [-0.1, -0.05) is 48.6 Å². The molecule has 1 N–H and O–H groups in total. The second kappa shape index (κ2) is 6.53. The molecule has 0 spiro atoms. The molecule has 3 aromatic rings. The van der Waals surface area contributed by atoms with Crippen LogP contribution in [0, 0.1) is 0 Å². The van der Waals surface area contributed by atoms with E-state index in [9.17, 15) is 0 Å². The van der Waals surface area contributed by atoms with Gasteiger partial charge in [0.15, 0.2) is 0 Å². The van der Waals surface area contributed by atoms with Crippen molar-refractivity contribution in [1.29, 1.82) is 0 Å². The monoisotopic (exact) mass is 272 g/mol. The van der Waals surface area contributed by atoms with Gasteiger partial charge in [-0.2, -0.15) is 0 Å². The highest BCUT2D eigenvalue weighted by atomic mass is 14.8. The molecule has 1 aromatic heterocycles. The van der Waals surface area contributed by atoms with Crippen molar-refractivity contribution in [3.05, 3.63) is 91.3 Å². The number of rotatable bonds is 0. The first kappa shape index (κ1) is 13.1. The fourth-order valence-corrected chi connectivity index (χ4v) is 2.13. The number of hydrogen-bond donors (Lipinski definition) is 1. The van der Waals surface area contributed by atoms with E-state index in [1.807, 2.05) is 73.1 Å². The molecular weight excluding hydrogens is 256 g/mol. The van der Waals surface area contributed by atoms with Crippen LogP contribution in [0.4, 0.5) is 0 Å². The number of allylic oxidation sites excluding steroid dienone is 4. The molecule has 0 saturated carbocycles. The molecule has 21 heavy (non-hydrogen) atoms. The molecule has 0 bridgehead atoms. The summed E-state index contributed by atoms with van der Waals surface area (Å²) in [6.07, 6.45) is 11.6. The fraction of sp³-hybridized carbons (Fsp3) is 0. The van der Waals surface area contributed by atoms with Gasteiger partial charge in [-0.25, -0.2) is 4.98 Å². The van der Waals surface area contributed by atoms with E-state index < -0.39 is 0 Å². The highest BCUT2D eigenvalue weighted by Crippen LogP contribution is 2.18. The van der Waals surface area contributed by atoms with Crippen molar-refractivity contribution in [2.24, 2.45) is 0 Å². The molecule has 0 saturated heterocycles. The van der Waals surface area contributed by atoms with E-state index in [-0.39, 0.29) is 0 Å². The minimum absolute atomic E-state index is 1.06. The summed E-state index contributed by atoms with van der Waals surface area (Å²) in [5.74, 6) is 0. The van der Waals surface area contributed by atoms with E-state index in [4.69, 9.17) is 0 Å². The standard InChI is InChI=1S/C13H9N.C6H7N/c1-3-7-12-10(5-1)9-11-6-2-4-8-13(11)14-12;1-2-4-6-7-5-3-1/h1-9H;1-7H. The molecule has 102 valence electrons. The Morgan fingerprint density at radius 2 is 1.14 bits per heavy atom. The number of para-hydroxylation sites is 2. The smallest absolute Gasteiger partial charge is 0.0709 e. The maximum absolute atomic E-state index is 4.58. The summed E-state index contributed by atoms with van der Waals surface area (Å²) >= 11 is 0. The quantitative estimate of drug-likeness (QED) is 0.607. The summed E-state index contributed by atoms with van der Waals surface area (Å²) < 4.78 is 0. The summed E-state index contributed by atoms with van der Waals surface area (Å²) in [5.41, 5.74) is 2.12. The molecule has 4 rings (SSSR count). The average Bonchev–Trinajstić information content (AvgIpc) is 2.86. The SMILES string of the molecule is C1=CC=CNC=C1.c1ccc2nc3ccccc3cc2c1. The molecule has 0 radical (unpaired) electrons. The third kappa shape index (κ3) is 3.37. The predicted molar refractivity (Wildman–Crippen MR) is 89.8 cm³/mol.